The van der Waals surface area contributed by atoms with Crippen molar-refractivity contribution < 1.29 is 0 Å². The molecule has 1 heterocycles. The Morgan fingerprint density at radius 3 is 2.58 bits per heavy atom. The van der Waals surface area contributed by atoms with E-state index >= 15 is 0 Å². The molecule has 106 valence electrons. The Balaban J connectivity index is 0.00000180. The Kier molecular flexibility index (Phi) is 6.62. The second-order valence-corrected chi connectivity index (χ2v) is 5.40. The van der Waals surface area contributed by atoms with E-state index in [9.17, 15) is 0 Å². The van der Waals surface area contributed by atoms with E-state index in [0.717, 1.165) is 19.0 Å². The number of halogens is 1. The molecular weight excluding hydrogens is 349 g/mol. The molecule has 1 aliphatic rings. The van der Waals surface area contributed by atoms with E-state index in [1.165, 1.54) is 5.56 Å². The molecule has 4 heteroatoms. The van der Waals surface area contributed by atoms with E-state index in [0.29, 0.717) is 17.9 Å². The second kappa shape index (κ2) is 7.72. The summed E-state index contributed by atoms with van der Waals surface area (Å²) in [6.45, 7) is 8.57. The molecule has 0 aliphatic carbocycles. The maximum Gasteiger partial charge on any atom is 0.191 e. The minimum atomic E-state index is 0. The lowest BCUT2D eigenvalue weighted by atomic mass is 9.98. The molecule has 19 heavy (non-hydrogen) atoms. The number of guanidine groups is 1. The number of hydrogen-bond donors (Lipinski definition) is 2. The molecule has 1 aromatic carbocycles. The third-order valence-corrected chi connectivity index (χ3v) is 3.67. The quantitative estimate of drug-likeness (QED) is 0.796. The summed E-state index contributed by atoms with van der Waals surface area (Å²) < 4.78 is 0. The minimum absolute atomic E-state index is 0. The Bertz CT molecular complexity index is 403. The van der Waals surface area contributed by atoms with Crippen molar-refractivity contribution in [3.8, 4) is 0 Å². The van der Waals surface area contributed by atoms with Gasteiger partial charge in [0, 0.05) is 6.54 Å². The number of nitrogens with one attached hydrogen (secondary N) is 2. The first-order chi connectivity index (χ1) is 8.66. The average Bonchev–Trinajstić information content (AvgIpc) is 2.85. The number of nitrogens with zero attached hydrogens (tertiary/aromatic N) is 1. The van der Waals surface area contributed by atoms with Gasteiger partial charge in [0.15, 0.2) is 5.96 Å². The SMILES string of the molecule is CC(C)C(C)CNC1=NCC(c2ccccc2)N1.I. The smallest absolute Gasteiger partial charge is 0.191 e. The predicted octanol–water partition coefficient (Wildman–Crippen LogP) is 3.19. The highest BCUT2D eigenvalue weighted by atomic mass is 127. The molecule has 1 aromatic rings. The van der Waals surface area contributed by atoms with E-state index in [1.54, 1.807) is 0 Å². The van der Waals surface area contributed by atoms with Crippen LogP contribution in [0.1, 0.15) is 32.4 Å². The van der Waals surface area contributed by atoms with Crippen molar-refractivity contribution in [2.45, 2.75) is 26.8 Å². The fourth-order valence-corrected chi connectivity index (χ4v) is 1.91. The van der Waals surface area contributed by atoms with E-state index in [2.05, 4.69) is 60.7 Å². The third kappa shape index (κ3) is 4.67. The monoisotopic (exact) mass is 373 g/mol. The lowest BCUT2D eigenvalue weighted by molar-refractivity contribution is 0.414. The molecule has 1 aliphatic heterocycles. The van der Waals surface area contributed by atoms with Gasteiger partial charge in [-0.2, -0.15) is 0 Å². The molecule has 2 N–H and O–H groups in total. The highest BCUT2D eigenvalue weighted by molar-refractivity contribution is 14.0. The molecule has 0 saturated carbocycles. The standard InChI is InChI=1S/C15H23N3.HI/c1-11(2)12(3)9-16-15-17-10-14(18-15)13-7-5-4-6-8-13;/h4-8,11-12,14H,9-10H2,1-3H3,(H2,16,17,18);1H. The van der Waals surface area contributed by atoms with E-state index in [-0.39, 0.29) is 24.0 Å². The van der Waals surface area contributed by atoms with E-state index < -0.39 is 0 Å². The first-order valence-corrected chi connectivity index (χ1v) is 6.76. The average molecular weight is 373 g/mol. The van der Waals surface area contributed by atoms with Gasteiger partial charge in [-0.25, -0.2) is 0 Å². The zero-order valence-corrected chi connectivity index (χ0v) is 14.2. The van der Waals surface area contributed by atoms with E-state index in [4.69, 9.17) is 0 Å². The zero-order chi connectivity index (χ0) is 13.0. The summed E-state index contributed by atoms with van der Waals surface area (Å²) >= 11 is 0. The molecule has 0 saturated heterocycles. The fraction of sp³-hybridized carbons (Fsp3) is 0.533. The van der Waals surface area contributed by atoms with Gasteiger partial charge < -0.3 is 10.6 Å². The van der Waals surface area contributed by atoms with E-state index in [1.807, 2.05) is 6.07 Å². The molecule has 2 unspecified atom stereocenters. The highest BCUT2D eigenvalue weighted by Crippen LogP contribution is 2.16. The van der Waals surface area contributed by atoms with Crippen LogP contribution in [0.25, 0.3) is 0 Å². The van der Waals surface area contributed by atoms with Crippen molar-refractivity contribution in [3.63, 3.8) is 0 Å². The van der Waals surface area contributed by atoms with Gasteiger partial charge in [0.1, 0.15) is 0 Å². The van der Waals surface area contributed by atoms with Crippen LogP contribution in [0.4, 0.5) is 0 Å². The molecule has 0 amide bonds. The maximum atomic E-state index is 4.52. The van der Waals surface area contributed by atoms with Crippen LogP contribution in [-0.4, -0.2) is 19.0 Å². The maximum absolute atomic E-state index is 4.52. The highest BCUT2D eigenvalue weighted by Gasteiger charge is 2.19. The third-order valence-electron chi connectivity index (χ3n) is 3.67. The van der Waals surface area contributed by atoms with Crippen molar-refractivity contribution in [2.75, 3.05) is 13.1 Å². The molecule has 0 fully saturated rings. The molecule has 2 atom stereocenters. The van der Waals surface area contributed by atoms with Gasteiger partial charge in [-0.05, 0) is 17.4 Å². The summed E-state index contributed by atoms with van der Waals surface area (Å²) in [5.41, 5.74) is 1.30. The molecule has 0 spiro atoms. The largest absolute Gasteiger partial charge is 0.356 e. The number of benzene rings is 1. The van der Waals surface area contributed by atoms with Crippen molar-refractivity contribution in [2.24, 2.45) is 16.8 Å². The summed E-state index contributed by atoms with van der Waals surface area (Å²) in [6.07, 6.45) is 0. The summed E-state index contributed by atoms with van der Waals surface area (Å²) in [7, 11) is 0. The van der Waals surface area contributed by atoms with Gasteiger partial charge >= 0.3 is 0 Å². The predicted molar refractivity (Wildman–Crippen MR) is 92.0 cm³/mol. The van der Waals surface area contributed by atoms with Gasteiger partial charge in [0.25, 0.3) is 0 Å². The minimum Gasteiger partial charge on any atom is -0.356 e. The molecule has 0 bridgehead atoms. The van der Waals surface area contributed by atoms with Crippen LogP contribution in [0.15, 0.2) is 35.3 Å². The normalized spacial score (nSPS) is 19.4. The van der Waals surface area contributed by atoms with Gasteiger partial charge in [0.2, 0.25) is 0 Å². The van der Waals surface area contributed by atoms with Gasteiger partial charge in [-0.1, -0.05) is 51.1 Å². The fourth-order valence-electron chi connectivity index (χ4n) is 1.91. The van der Waals surface area contributed by atoms with Crippen LogP contribution in [-0.2, 0) is 0 Å². The van der Waals surface area contributed by atoms with Crippen LogP contribution in [0.2, 0.25) is 0 Å². The summed E-state index contributed by atoms with van der Waals surface area (Å²) in [4.78, 5) is 4.52. The number of rotatable bonds is 4. The van der Waals surface area contributed by atoms with Crippen molar-refractivity contribution >= 4 is 29.9 Å². The van der Waals surface area contributed by atoms with Crippen LogP contribution in [0.5, 0.6) is 0 Å². The van der Waals surface area contributed by atoms with Gasteiger partial charge in [0.05, 0.1) is 12.6 Å². The molecule has 0 aromatic heterocycles. The van der Waals surface area contributed by atoms with Crippen molar-refractivity contribution in [3.05, 3.63) is 35.9 Å². The number of aliphatic imine (C=N–C) groups is 1. The topological polar surface area (TPSA) is 36.4 Å². The van der Waals surface area contributed by atoms with Crippen LogP contribution >= 0.6 is 24.0 Å². The number of hydrogen-bond acceptors (Lipinski definition) is 3. The zero-order valence-electron chi connectivity index (χ0n) is 11.9. The first-order valence-electron chi connectivity index (χ1n) is 6.76. The van der Waals surface area contributed by atoms with Crippen LogP contribution in [0.3, 0.4) is 0 Å². The Labute approximate surface area is 133 Å². The summed E-state index contributed by atoms with van der Waals surface area (Å²) in [6, 6.07) is 10.8. The molecule has 3 nitrogen and oxygen atoms in total. The molecule has 2 rings (SSSR count). The second-order valence-electron chi connectivity index (χ2n) is 5.40. The van der Waals surface area contributed by atoms with Crippen LogP contribution in [0, 0.1) is 11.8 Å². The Morgan fingerprint density at radius 2 is 1.95 bits per heavy atom. The lowest BCUT2D eigenvalue weighted by Gasteiger charge is -2.18. The summed E-state index contributed by atoms with van der Waals surface area (Å²) in [5, 5.41) is 6.84. The Hall–Kier alpha value is -0.780. The van der Waals surface area contributed by atoms with Gasteiger partial charge in [-0.3, -0.25) is 4.99 Å². The molecule has 0 radical (unpaired) electrons. The summed E-state index contributed by atoms with van der Waals surface area (Å²) in [5.74, 6) is 2.30. The van der Waals surface area contributed by atoms with Gasteiger partial charge in [-0.15, -0.1) is 24.0 Å². The molecular formula is C15H24IN3. The van der Waals surface area contributed by atoms with Crippen molar-refractivity contribution in [1.29, 1.82) is 0 Å². The van der Waals surface area contributed by atoms with Crippen LogP contribution < -0.4 is 10.6 Å². The lowest BCUT2D eigenvalue weighted by Crippen LogP contribution is -2.38. The Morgan fingerprint density at radius 1 is 1.26 bits per heavy atom. The van der Waals surface area contributed by atoms with Crippen molar-refractivity contribution in [1.82, 2.24) is 10.6 Å². The first kappa shape index (κ1) is 16.3.